The molecule has 1 unspecified atom stereocenters. The van der Waals surface area contributed by atoms with E-state index in [1.807, 2.05) is 66.1 Å². The molecule has 0 aliphatic heterocycles. The van der Waals surface area contributed by atoms with Crippen molar-refractivity contribution in [2.45, 2.75) is 26.1 Å². The Bertz CT molecular complexity index is 984. The predicted molar refractivity (Wildman–Crippen MR) is 111 cm³/mol. The summed E-state index contributed by atoms with van der Waals surface area (Å²) in [5, 5.41) is 2.87. The molecule has 2 aromatic carbocycles. The van der Waals surface area contributed by atoms with Crippen LogP contribution in [-0.4, -0.2) is 47.0 Å². The van der Waals surface area contributed by atoms with E-state index in [-0.39, 0.29) is 31.0 Å². The molecule has 0 radical (unpaired) electrons. The van der Waals surface area contributed by atoms with Gasteiger partial charge in [0.15, 0.2) is 0 Å². The third-order valence-corrected chi connectivity index (χ3v) is 4.71. The van der Waals surface area contributed by atoms with Crippen LogP contribution in [0, 0.1) is 0 Å². The number of nitrogens with one attached hydrogen (secondary N) is 1. The van der Waals surface area contributed by atoms with Crippen LogP contribution in [0.2, 0.25) is 0 Å². The average Bonchev–Trinajstić information content (AvgIpc) is 3.07. The van der Waals surface area contributed by atoms with Gasteiger partial charge in [0.05, 0.1) is 17.1 Å². The van der Waals surface area contributed by atoms with Gasteiger partial charge in [0.2, 0.25) is 11.8 Å². The second-order valence-electron chi connectivity index (χ2n) is 7.00. The van der Waals surface area contributed by atoms with Crippen LogP contribution in [0.5, 0.6) is 0 Å². The number of aromatic nitrogens is 2. The van der Waals surface area contributed by atoms with Gasteiger partial charge in [-0.2, -0.15) is 0 Å². The summed E-state index contributed by atoms with van der Waals surface area (Å²) in [5.74, 6) is 0.372. The number of methoxy groups -OCH3 is 1. The van der Waals surface area contributed by atoms with E-state index in [1.54, 1.807) is 11.9 Å². The molecule has 0 bridgehead atoms. The number of rotatable bonds is 8. The van der Waals surface area contributed by atoms with E-state index in [4.69, 9.17) is 4.74 Å². The van der Waals surface area contributed by atoms with Gasteiger partial charge < -0.3 is 19.5 Å². The number of amides is 2. The monoisotopic (exact) mass is 394 g/mol. The first-order chi connectivity index (χ1) is 14.0. The quantitative estimate of drug-likeness (QED) is 0.637. The van der Waals surface area contributed by atoms with Crippen LogP contribution >= 0.6 is 0 Å². The Kier molecular flexibility index (Phi) is 6.61. The Morgan fingerprint density at radius 3 is 2.55 bits per heavy atom. The Balaban J connectivity index is 1.83. The van der Waals surface area contributed by atoms with E-state index in [2.05, 4.69) is 10.3 Å². The molecule has 7 nitrogen and oxygen atoms in total. The molecule has 1 atom stereocenters. The van der Waals surface area contributed by atoms with Crippen molar-refractivity contribution in [2.24, 2.45) is 0 Å². The fourth-order valence-corrected chi connectivity index (χ4v) is 3.27. The number of carbonyl (C=O) groups is 2. The smallest absolute Gasteiger partial charge is 0.246 e. The van der Waals surface area contributed by atoms with E-state index in [0.29, 0.717) is 12.4 Å². The van der Waals surface area contributed by atoms with Gasteiger partial charge in [-0.3, -0.25) is 9.59 Å². The fraction of sp³-hybridized carbons (Fsp3) is 0.318. The highest BCUT2D eigenvalue weighted by molar-refractivity contribution is 5.82. The summed E-state index contributed by atoms with van der Waals surface area (Å²) < 4.78 is 6.75. The second kappa shape index (κ2) is 9.34. The molecule has 152 valence electrons. The molecule has 29 heavy (non-hydrogen) atoms. The summed E-state index contributed by atoms with van der Waals surface area (Å²) in [4.78, 5) is 31.2. The van der Waals surface area contributed by atoms with E-state index in [0.717, 1.165) is 16.6 Å². The van der Waals surface area contributed by atoms with Gasteiger partial charge in [0, 0.05) is 20.7 Å². The highest BCUT2D eigenvalue weighted by Crippen LogP contribution is 2.21. The molecule has 0 aliphatic rings. The maximum Gasteiger partial charge on any atom is 0.246 e. The normalized spacial score (nSPS) is 12.0. The van der Waals surface area contributed by atoms with Crippen LogP contribution in [0.25, 0.3) is 11.0 Å². The number of nitrogens with zero attached hydrogens (tertiary/aromatic N) is 3. The van der Waals surface area contributed by atoms with E-state index in [1.165, 1.54) is 7.11 Å². The van der Waals surface area contributed by atoms with Crippen molar-refractivity contribution in [2.75, 3.05) is 20.8 Å². The number of hydrogen-bond acceptors (Lipinski definition) is 4. The third kappa shape index (κ3) is 5.00. The van der Waals surface area contributed by atoms with Crippen molar-refractivity contribution in [1.82, 2.24) is 19.8 Å². The second-order valence-corrected chi connectivity index (χ2v) is 7.00. The van der Waals surface area contributed by atoms with Crippen molar-refractivity contribution in [3.05, 3.63) is 66.0 Å². The summed E-state index contributed by atoms with van der Waals surface area (Å²) in [6, 6.07) is 17.1. The van der Waals surface area contributed by atoms with Gasteiger partial charge in [0.25, 0.3) is 0 Å². The van der Waals surface area contributed by atoms with E-state index >= 15 is 0 Å². The van der Waals surface area contributed by atoms with Crippen LogP contribution in [-0.2, 0) is 27.4 Å². The van der Waals surface area contributed by atoms with E-state index in [9.17, 15) is 9.59 Å². The minimum absolute atomic E-state index is 0.0245. The van der Waals surface area contributed by atoms with Crippen molar-refractivity contribution in [3.8, 4) is 0 Å². The number of para-hydroxylation sites is 2. The minimum Gasteiger partial charge on any atom is -0.375 e. The van der Waals surface area contributed by atoms with Crippen molar-refractivity contribution < 1.29 is 14.3 Å². The Labute approximate surface area is 170 Å². The van der Waals surface area contributed by atoms with Crippen LogP contribution < -0.4 is 5.32 Å². The number of likely N-dealkylation sites (N-methyl/N-ethyl adjacent to an activating group) is 1. The Morgan fingerprint density at radius 1 is 1.14 bits per heavy atom. The number of imidazole rings is 1. The topological polar surface area (TPSA) is 76.5 Å². The zero-order valence-electron chi connectivity index (χ0n) is 17.0. The fourth-order valence-electron chi connectivity index (χ4n) is 3.27. The maximum atomic E-state index is 12.9. The van der Waals surface area contributed by atoms with E-state index < -0.39 is 0 Å². The number of benzene rings is 2. The van der Waals surface area contributed by atoms with Gasteiger partial charge in [-0.05, 0) is 24.6 Å². The predicted octanol–water partition coefficient (Wildman–Crippen LogP) is 2.52. The zero-order chi connectivity index (χ0) is 20.8. The molecule has 0 saturated heterocycles. The van der Waals surface area contributed by atoms with Gasteiger partial charge >= 0.3 is 0 Å². The minimum atomic E-state index is -0.364. The van der Waals surface area contributed by atoms with Crippen LogP contribution in [0.3, 0.4) is 0 Å². The molecule has 0 spiro atoms. The third-order valence-electron chi connectivity index (χ3n) is 4.71. The molecule has 0 fully saturated rings. The average molecular weight is 394 g/mol. The lowest BCUT2D eigenvalue weighted by Crippen LogP contribution is -2.34. The van der Waals surface area contributed by atoms with Crippen LogP contribution in [0.1, 0.15) is 24.4 Å². The first kappa shape index (κ1) is 20.5. The molecule has 2 amide bonds. The maximum absolute atomic E-state index is 12.9. The molecule has 0 saturated carbocycles. The molecular weight excluding hydrogens is 368 g/mol. The summed E-state index contributed by atoms with van der Waals surface area (Å²) in [5.41, 5.74) is 2.71. The molecule has 7 heteroatoms. The Morgan fingerprint density at radius 2 is 1.83 bits per heavy atom. The highest BCUT2D eigenvalue weighted by atomic mass is 16.5. The van der Waals surface area contributed by atoms with Gasteiger partial charge in [-0.1, -0.05) is 42.5 Å². The largest absolute Gasteiger partial charge is 0.375 e. The standard InChI is InChI=1S/C22H26N4O3/c1-16(23-20(27)15-29-3)22-24-18-11-7-8-12-19(18)26(22)14-21(28)25(2)13-17-9-5-4-6-10-17/h4-12,16H,13-15H2,1-3H3,(H,23,27). The first-order valence-corrected chi connectivity index (χ1v) is 9.51. The first-order valence-electron chi connectivity index (χ1n) is 9.51. The Hall–Kier alpha value is -3.19. The summed E-state index contributed by atoms with van der Waals surface area (Å²) >= 11 is 0. The van der Waals surface area contributed by atoms with Crippen molar-refractivity contribution in [1.29, 1.82) is 0 Å². The molecule has 3 rings (SSSR count). The molecular formula is C22H26N4O3. The zero-order valence-corrected chi connectivity index (χ0v) is 17.0. The van der Waals surface area contributed by atoms with Gasteiger partial charge in [-0.25, -0.2) is 4.98 Å². The summed E-state index contributed by atoms with van der Waals surface area (Å²) in [7, 11) is 3.26. The lowest BCUT2D eigenvalue weighted by molar-refractivity contribution is -0.131. The lowest BCUT2D eigenvalue weighted by atomic mass is 10.2. The number of carbonyl (C=O) groups excluding carboxylic acids is 2. The van der Waals surface area contributed by atoms with Gasteiger partial charge in [-0.15, -0.1) is 0 Å². The summed E-state index contributed by atoms with van der Waals surface area (Å²) in [6.45, 7) is 2.50. The molecule has 3 aromatic rings. The number of fused-ring (bicyclic) bond motifs is 1. The van der Waals surface area contributed by atoms with Crippen LogP contribution in [0.15, 0.2) is 54.6 Å². The molecule has 1 heterocycles. The molecule has 1 N–H and O–H groups in total. The molecule has 1 aromatic heterocycles. The SMILES string of the molecule is COCC(=O)NC(C)c1nc2ccccc2n1CC(=O)N(C)Cc1ccccc1. The number of ether oxygens (including phenoxy) is 1. The van der Waals surface area contributed by atoms with Crippen molar-refractivity contribution >= 4 is 22.8 Å². The highest BCUT2D eigenvalue weighted by Gasteiger charge is 2.21. The van der Waals surface area contributed by atoms with Gasteiger partial charge in [0.1, 0.15) is 19.0 Å². The molecule has 0 aliphatic carbocycles. The number of hydrogen-bond donors (Lipinski definition) is 1. The lowest BCUT2D eigenvalue weighted by Gasteiger charge is -2.20. The van der Waals surface area contributed by atoms with Crippen molar-refractivity contribution in [3.63, 3.8) is 0 Å². The van der Waals surface area contributed by atoms with Crippen LogP contribution in [0.4, 0.5) is 0 Å². The summed E-state index contributed by atoms with van der Waals surface area (Å²) in [6.07, 6.45) is 0.